The third kappa shape index (κ3) is 2.27. The summed E-state index contributed by atoms with van der Waals surface area (Å²) in [5.74, 6) is -0.0166. The zero-order chi connectivity index (χ0) is 13.1. The first-order chi connectivity index (χ1) is 8.63. The maximum absolute atomic E-state index is 11.5. The number of hydrogen-bond acceptors (Lipinski definition) is 4. The molecule has 0 amide bonds. The largest absolute Gasteiger partial charge is 0.461 e. The monoisotopic (exact) mass is 245 g/mol. The van der Waals surface area contributed by atoms with Crippen molar-refractivity contribution in [3.63, 3.8) is 0 Å². The number of aromatic nitrogens is 1. The van der Waals surface area contributed by atoms with E-state index in [1.807, 2.05) is 32.0 Å². The Kier molecular flexibility index (Phi) is 3.46. The Balaban J connectivity index is 2.35. The number of benzene rings is 1. The molecule has 0 unspecified atom stereocenters. The summed E-state index contributed by atoms with van der Waals surface area (Å²) < 4.78 is 10.2. The van der Waals surface area contributed by atoms with Gasteiger partial charge in [-0.2, -0.15) is 0 Å². The molecular weight excluding hydrogens is 230 g/mol. The van der Waals surface area contributed by atoms with Gasteiger partial charge in [0.15, 0.2) is 5.69 Å². The van der Waals surface area contributed by atoms with Crippen LogP contribution < -0.4 is 0 Å². The summed E-state index contributed by atoms with van der Waals surface area (Å²) >= 11 is 0. The Bertz CT molecular complexity index is 572. The summed E-state index contributed by atoms with van der Waals surface area (Å²) in [5, 5.41) is 0. The highest BCUT2D eigenvalue weighted by Crippen LogP contribution is 2.24. The first kappa shape index (κ1) is 12.4. The lowest BCUT2D eigenvalue weighted by atomic mass is 10.0. The molecule has 0 bridgehead atoms. The molecular formula is C14H15NO3. The number of rotatable bonds is 3. The van der Waals surface area contributed by atoms with Crippen LogP contribution in [0.15, 0.2) is 28.9 Å². The minimum absolute atomic E-state index is 0.202. The molecule has 94 valence electrons. The molecule has 4 nitrogen and oxygen atoms in total. The molecule has 0 saturated carbocycles. The van der Waals surface area contributed by atoms with Gasteiger partial charge in [0.1, 0.15) is 6.26 Å². The third-order valence-corrected chi connectivity index (χ3v) is 2.82. The maximum atomic E-state index is 11.5. The summed E-state index contributed by atoms with van der Waals surface area (Å²) in [6.07, 6.45) is 1.33. The highest BCUT2D eigenvalue weighted by Gasteiger charge is 2.15. The molecule has 1 heterocycles. The summed E-state index contributed by atoms with van der Waals surface area (Å²) in [5.41, 5.74) is 3.34. The molecule has 2 rings (SSSR count). The van der Waals surface area contributed by atoms with Crippen molar-refractivity contribution in [3.8, 4) is 11.5 Å². The Morgan fingerprint density at radius 2 is 2.17 bits per heavy atom. The Labute approximate surface area is 106 Å². The molecule has 0 atom stereocenters. The Morgan fingerprint density at radius 1 is 1.39 bits per heavy atom. The molecule has 0 fully saturated rings. The van der Waals surface area contributed by atoms with Gasteiger partial charge in [0.25, 0.3) is 0 Å². The van der Waals surface area contributed by atoms with Crippen molar-refractivity contribution >= 4 is 5.97 Å². The average molecular weight is 245 g/mol. The van der Waals surface area contributed by atoms with Crippen LogP contribution in [0.2, 0.25) is 0 Å². The van der Waals surface area contributed by atoms with Crippen LogP contribution in [-0.2, 0) is 4.74 Å². The molecule has 18 heavy (non-hydrogen) atoms. The second kappa shape index (κ2) is 5.04. The zero-order valence-corrected chi connectivity index (χ0v) is 10.7. The van der Waals surface area contributed by atoms with Crippen LogP contribution >= 0.6 is 0 Å². The van der Waals surface area contributed by atoms with Gasteiger partial charge in [-0.1, -0.05) is 12.1 Å². The number of carbonyl (C=O) groups is 1. The van der Waals surface area contributed by atoms with Crippen LogP contribution in [0.4, 0.5) is 0 Å². The molecule has 4 heteroatoms. The van der Waals surface area contributed by atoms with Crippen LogP contribution in [0.3, 0.4) is 0 Å². The van der Waals surface area contributed by atoms with Gasteiger partial charge in [-0.05, 0) is 38.0 Å². The van der Waals surface area contributed by atoms with Gasteiger partial charge >= 0.3 is 5.97 Å². The summed E-state index contributed by atoms with van der Waals surface area (Å²) in [4.78, 5) is 15.7. The van der Waals surface area contributed by atoms with Gasteiger partial charge in [-0.3, -0.25) is 0 Å². The maximum Gasteiger partial charge on any atom is 0.360 e. The van der Waals surface area contributed by atoms with Crippen LogP contribution in [0.1, 0.15) is 28.5 Å². The second-order valence-corrected chi connectivity index (χ2v) is 4.01. The van der Waals surface area contributed by atoms with Gasteiger partial charge in [0.05, 0.1) is 6.61 Å². The fourth-order valence-electron chi connectivity index (χ4n) is 1.68. The third-order valence-electron chi connectivity index (χ3n) is 2.82. The average Bonchev–Trinajstić information content (AvgIpc) is 2.82. The minimum Gasteiger partial charge on any atom is -0.461 e. The number of aryl methyl sites for hydroxylation is 1. The zero-order valence-electron chi connectivity index (χ0n) is 10.7. The van der Waals surface area contributed by atoms with E-state index in [0.717, 1.165) is 16.7 Å². The van der Waals surface area contributed by atoms with Gasteiger partial charge in [-0.25, -0.2) is 9.78 Å². The number of esters is 1. The minimum atomic E-state index is -0.460. The van der Waals surface area contributed by atoms with E-state index in [0.29, 0.717) is 12.5 Å². The fourth-order valence-corrected chi connectivity index (χ4v) is 1.68. The predicted octanol–water partition coefficient (Wildman–Crippen LogP) is 3.14. The quantitative estimate of drug-likeness (QED) is 0.779. The number of carbonyl (C=O) groups excluding carboxylic acids is 1. The number of hydrogen-bond donors (Lipinski definition) is 0. The van der Waals surface area contributed by atoms with E-state index in [1.54, 1.807) is 6.92 Å². The Morgan fingerprint density at radius 3 is 2.89 bits per heavy atom. The summed E-state index contributed by atoms with van der Waals surface area (Å²) in [6, 6.07) is 5.88. The number of ether oxygens (including phenoxy) is 1. The highest BCUT2D eigenvalue weighted by atomic mass is 16.5. The SMILES string of the molecule is CCOC(=O)c1coc(-c2cccc(C)c2C)n1. The van der Waals surface area contributed by atoms with Crippen LogP contribution in [-0.4, -0.2) is 17.6 Å². The van der Waals surface area contributed by atoms with Crippen LogP contribution in [0.25, 0.3) is 11.5 Å². The lowest BCUT2D eigenvalue weighted by Crippen LogP contribution is -2.04. The molecule has 0 aliphatic heterocycles. The van der Waals surface area contributed by atoms with Crippen LogP contribution in [0, 0.1) is 13.8 Å². The van der Waals surface area contributed by atoms with Gasteiger partial charge < -0.3 is 9.15 Å². The molecule has 0 radical (unpaired) electrons. The van der Waals surface area contributed by atoms with E-state index in [-0.39, 0.29) is 5.69 Å². The van der Waals surface area contributed by atoms with Crippen molar-refractivity contribution in [2.75, 3.05) is 6.61 Å². The van der Waals surface area contributed by atoms with E-state index in [1.165, 1.54) is 6.26 Å². The molecule has 2 aromatic rings. The van der Waals surface area contributed by atoms with Crippen molar-refractivity contribution in [1.82, 2.24) is 4.98 Å². The van der Waals surface area contributed by atoms with Crippen molar-refractivity contribution < 1.29 is 13.9 Å². The summed E-state index contributed by atoms with van der Waals surface area (Å²) in [7, 11) is 0. The van der Waals surface area contributed by atoms with Crippen molar-refractivity contribution in [1.29, 1.82) is 0 Å². The molecule has 0 N–H and O–H groups in total. The van der Waals surface area contributed by atoms with Gasteiger partial charge in [0, 0.05) is 5.56 Å². The second-order valence-electron chi connectivity index (χ2n) is 4.01. The van der Waals surface area contributed by atoms with Crippen molar-refractivity contribution in [2.24, 2.45) is 0 Å². The number of oxazole rings is 1. The molecule has 0 aliphatic carbocycles. The first-order valence-electron chi connectivity index (χ1n) is 5.82. The van der Waals surface area contributed by atoms with Gasteiger partial charge in [-0.15, -0.1) is 0 Å². The fraction of sp³-hybridized carbons (Fsp3) is 0.286. The number of nitrogens with zero attached hydrogens (tertiary/aromatic N) is 1. The first-order valence-corrected chi connectivity index (χ1v) is 5.82. The summed E-state index contributed by atoms with van der Waals surface area (Å²) in [6.45, 7) is 6.10. The van der Waals surface area contributed by atoms with E-state index in [2.05, 4.69) is 4.98 Å². The lowest BCUT2D eigenvalue weighted by Gasteiger charge is -2.03. The topological polar surface area (TPSA) is 52.3 Å². The Hall–Kier alpha value is -2.10. The normalized spacial score (nSPS) is 10.4. The molecule has 0 aliphatic rings. The molecule has 0 spiro atoms. The van der Waals surface area contributed by atoms with Crippen molar-refractivity contribution in [3.05, 3.63) is 41.3 Å². The van der Waals surface area contributed by atoms with Gasteiger partial charge in [0.2, 0.25) is 5.89 Å². The van der Waals surface area contributed by atoms with E-state index >= 15 is 0 Å². The lowest BCUT2D eigenvalue weighted by molar-refractivity contribution is 0.0519. The van der Waals surface area contributed by atoms with E-state index < -0.39 is 5.97 Å². The van der Waals surface area contributed by atoms with E-state index in [9.17, 15) is 4.79 Å². The predicted molar refractivity (Wildman–Crippen MR) is 67.4 cm³/mol. The standard InChI is InChI=1S/C14H15NO3/c1-4-17-14(16)12-8-18-13(15-12)11-7-5-6-9(2)10(11)3/h5-8H,4H2,1-3H3. The molecule has 1 aromatic carbocycles. The smallest absolute Gasteiger partial charge is 0.360 e. The molecule has 1 aromatic heterocycles. The highest BCUT2D eigenvalue weighted by molar-refractivity contribution is 5.87. The molecule has 0 saturated heterocycles. The van der Waals surface area contributed by atoms with Crippen LogP contribution in [0.5, 0.6) is 0 Å². The van der Waals surface area contributed by atoms with E-state index in [4.69, 9.17) is 9.15 Å². The van der Waals surface area contributed by atoms with Crippen molar-refractivity contribution in [2.45, 2.75) is 20.8 Å².